The van der Waals surface area contributed by atoms with E-state index in [0.29, 0.717) is 76.6 Å². The molecule has 394 valence electrons. The topological polar surface area (TPSA) is 269 Å². The lowest BCUT2D eigenvalue weighted by Crippen LogP contribution is -2.43. The van der Waals surface area contributed by atoms with E-state index in [9.17, 15) is 53.1 Å². The molecule has 0 saturated carbocycles. The minimum absolute atomic E-state index is 0.0332. The molecule has 19 nitrogen and oxygen atoms in total. The molecule has 0 fully saturated rings. The van der Waals surface area contributed by atoms with Gasteiger partial charge in [0, 0.05) is 85.4 Å². The Kier molecular flexibility index (Phi) is 16.7. The van der Waals surface area contributed by atoms with Crippen molar-refractivity contribution < 1.29 is 57.4 Å². The predicted molar refractivity (Wildman–Crippen MR) is 269 cm³/mol. The summed E-state index contributed by atoms with van der Waals surface area (Å²) >= 11 is 0. The first-order valence-corrected chi connectivity index (χ1v) is 25.5. The van der Waals surface area contributed by atoms with Crippen LogP contribution in [0.5, 0.6) is 0 Å². The first-order valence-electron chi connectivity index (χ1n) is 25.5. The average Bonchev–Trinajstić information content (AvgIpc) is 3.98. The first kappa shape index (κ1) is 53.7. The number of Topliss-reactive ketones (excluding diaryl/α,β-unsaturated/α-hetero) is 3. The van der Waals surface area contributed by atoms with Gasteiger partial charge in [-0.2, -0.15) is 0 Å². The fraction of sp³-hybridized carbons (Fsp3) is 0.436. The molecule has 75 heavy (non-hydrogen) atoms. The molecule has 5 N–H and O–H groups in total. The number of nitrogens with one attached hydrogen (secondary N) is 4. The van der Waals surface area contributed by atoms with Gasteiger partial charge in [-0.25, -0.2) is 9.37 Å². The third kappa shape index (κ3) is 11.9. The lowest BCUT2D eigenvalue weighted by Gasteiger charge is -2.32. The van der Waals surface area contributed by atoms with Crippen molar-refractivity contribution in [2.24, 2.45) is 0 Å². The number of halogens is 1. The molecule has 4 aromatic rings. The first-order chi connectivity index (χ1) is 36.0. The van der Waals surface area contributed by atoms with Gasteiger partial charge in [-0.3, -0.25) is 52.8 Å². The van der Waals surface area contributed by atoms with E-state index in [4.69, 9.17) is 9.72 Å². The minimum atomic E-state index is -1.83. The van der Waals surface area contributed by atoms with E-state index in [1.807, 2.05) is 0 Å². The molecule has 2 aromatic heterocycles. The number of imide groups is 1. The lowest BCUT2D eigenvalue weighted by molar-refractivity contribution is -0.140. The molecule has 0 unspecified atom stereocenters. The van der Waals surface area contributed by atoms with Gasteiger partial charge in [0.15, 0.2) is 17.3 Å². The molecule has 2 aliphatic carbocycles. The number of carbonyl (C=O) groups excluding carboxylic acids is 9. The number of fused-ring (bicyclic) bond motifs is 5. The molecule has 2 aliphatic heterocycles. The van der Waals surface area contributed by atoms with Crippen molar-refractivity contribution in [2.45, 2.75) is 128 Å². The Morgan fingerprint density at radius 2 is 1.57 bits per heavy atom. The number of hydrogen-bond acceptors (Lipinski definition) is 13. The molecule has 20 heteroatoms. The van der Waals surface area contributed by atoms with Crippen LogP contribution in [0.1, 0.15) is 123 Å². The van der Waals surface area contributed by atoms with Gasteiger partial charge in [0.2, 0.25) is 23.6 Å². The number of ether oxygens (including phenoxy) is 1. The maximum Gasteiger partial charge on any atom is 0.254 e. The highest BCUT2D eigenvalue weighted by molar-refractivity contribution is 6.12. The molecule has 0 spiro atoms. The average molecular weight is 1030 g/mol. The Morgan fingerprint density at radius 1 is 0.840 bits per heavy atom. The van der Waals surface area contributed by atoms with Crippen molar-refractivity contribution in [3.8, 4) is 11.4 Å². The second kappa shape index (κ2) is 23.3. The van der Waals surface area contributed by atoms with Crippen LogP contribution >= 0.6 is 0 Å². The summed E-state index contributed by atoms with van der Waals surface area (Å²) < 4.78 is 22.5. The zero-order valence-corrected chi connectivity index (χ0v) is 41.9. The number of aromatic nitrogens is 2. The largest absolute Gasteiger partial charge is 0.377 e. The molecule has 0 radical (unpaired) electrons. The van der Waals surface area contributed by atoms with Gasteiger partial charge < -0.3 is 35.7 Å². The monoisotopic (exact) mass is 1030 g/mol. The number of unbranched alkanes of at least 4 members (excludes halogenated alkanes) is 2. The van der Waals surface area contributed by atoms with Crippen LogP contribution in [0.4, 0.5) is 4.39 Å². The third-order valence-electron chi connectivity index (χ3n) is 14.6. The zero-order chi connectivity index (χ0) is 53.6. The van der Waals surface area contributed by atoms with Crippen LogP contribution in [0.25, 0.3) is 22.3 Å². The number of aliphatic hydroxyl groups is 1. The molecular formula is C55H60FN7O12. The van der Waals surface area contributed by atoms with Crippen molar-refractivity contribution in [3.05, 3.63) is 110 Å². The Bertz CT molecular complexity index is 3080. The molecular weight excluding hydrogens is 970 g/mol. The third-order valence-corrected chi connectivity index (χ3v) is 14.6. The Labute approximate surface area is 431 Å². The highest BCUT2D eigenvalue weighted by atomic mass is 19.1. The van der Waals surface area contributed by atoms with Crippen molar-refractivity contribution in [2.75, 3.05) is 26.4 Å². The van der Waals surface area contributed by atoms with Gasteiger partial charge in [0.05, 0.1) is 42.1 Å². The van der Waals surface area contributed by atoms with E-state index < -0.39 is 53.6 Å². The van der Waals surface area contributed by atoms with Crippen LogP contribution in [0.2, 0.25) is 0 Å². The molecule has 0 bridgehead atoms. The Balaban J connectivity index is 0.805. The molecule has 3 atom stereocenters. The van der Waals surface area contributed by atoms with Crippen LogP contribution in [0, 0.1) is 12.7 Å². The molecule has 6 amide bonds. The quantitative estimate of drug-likeness (QED) is 0.0338. The normalized spacial score (nSPS) is 17.6. The Morgan fingerprint density at radius 3 is 2.32 bits per heavy atom. The van der Waals surface area contributed by atoms with Crippen LogP contribution in [0.3, 0.4) is 0 Å². The van der Waals surface area contributed by atoms with E-state index >= 15 is 4.39 Å². The minimum Gasteiger partial charge on any atom is -0.377 e. The van der Waals surface area contributed by atoms with E-state index in [-0.39, 0.29) is 125 Å². The number of ketones is 3. The van der Waals surface area contributed by atoms with Crippen molar-refractivity contribution in [1.29, 1.82) is 0 Å². The molecule has 4 aliphatic rings. The molecule has 4 heterocycles. The summed E-state index contributed by atoms with van der Waals surface area (Å²) in [6.45, 7) is 2.65. The summed E-state index contributed by atoms with van der Waals surface area (Å²) in [6, 6.07) is 10.3. The maximum atomic E-state index is 15.4. The number of hydrogen-bond donors (Lipinski definition) is 5. The number of rotatable bonds is 24. The van der Waals surface area contributed by atoms with Gasteiger partial charge in [-0.15, -0.1) is 0 Å². The summed E-state index contributed by atoms with van der Waals surface area (Å²) in [5, 5.41) is 23.0. The van der Waals surface area contributed by atoms with Crippen LogP contribution < -0.4 is 26.8 Å². The number of carbonyl (C=O) groups is 9. The second-order valence-electron chi connectivity index (χ2n) is 19.5. The highest BCUT2D eigenvalue weighted by Gasteiger charge is 2.44. The fourth-order valence-corrected chi connectivity index (χ4v) is 10.5. The van der Waals surface area contributed by atoms with Crippen molar-refractivity contribution in [3.63, 3.8) is 0 Å². The number of aryl methyl sites for hydroxylation is 1. The summed E-state index contributed by atoms with van der Waals surface area (Å²) in [7, 11) is 0. The Hall–Kier alpha value is -7.58. The van der Waals surface area contributed by atoms with E-state index in [1.54, 1.807) is 54.8 Å². The summed E-state index contributed by atoms with van der Waals surface area (Å²) in [4.78, 5) is 134. The number of amides is 6. The smallest absolute Gasteiger partial charge is 0.254 e. The fourth-order valence-electron chi connectivity index (χ4n) is 10.5. The molecule has 0 saturated heterocycles. The van der Waals surface area contributed by atoms with Crippen LogP contribution in [0.15, 0.2) is 59.4 Å². The van der Waals surface area contributed by atoms with E-state index in [2.05, 4.69) is 21.3 Å². The van der Waals surface area contributed by atoms with Gasteiger partial charge >= 0.3 is 0 Å². The van der Waals surface area contributed by atoms with E-state index in [1.165, 1.54) is 18.2 Å². The summed E-state index contributed by atoms with van der Waals surface area (Å²) in [6.07, 6.45) is 4.53. The maximum absolute atomic E-state index is 15.4. The zero-order valence-electron chi connectivity index (χ0n) is 41.9. The molecule has 8 rings (SSSR count). The standard InChI is InChI=1S/C55H60FN7O12/c1-3-55(74)37-25-42-53-36(28-63(42)54(73)35(37)15-18-44(55)66)52-39(16-14-34-31(2)38(56)26-41(61-53)51(34)52)59-48(70)29-75-30-58-46(68)20-17-43(65)40(24-32-10-6-4-7-11-32)60-47(69)19-13-33(64)27-57-45(67)12-8-5-9-23-62-49(71)21-22-50(62)72/h4,6-7,10-11,21-22,25-26,39-40,74H,3,5,8-9,12-20,23-24,27-30H2,1-2H3,(H,57,67)(H,58,68)(H,59,70)(H,60,69)/t39-,40-,55-/m0/s1. The number of benzene rings is 2. The van der Waals surface area contributed by atoms with E-state index in [0.717, 1.165) is 16.0 Å². The predicted octanol–water partition coefficient (Wildman–Crippen LogP) is 3.21. The second-order valence-corrected chi connectivity index (χ2v) is 19.5. The summed E-state index contributed by atoms with van der Waals surface area (Å²) in [5.74, 6) is -4.32. The lowest BCUT2D eigenvalue weighted by atomic mass is 9.77. The number of nitrogens with zero attached hydrogens (tertiary/aromatic N) is 3. The highest BCUT2D eigenvalue weighted by Crippen LogP contribution is 2.46. The molecule has 2 aromatic carbocycles. The van der Waals surface area contributed by atoms with Gasteiger partial charge in [0.1, 0.15) is 24.8 Å². The van der Waals surface area contributed by atoms with Crippen molar-refractivity contribution >= 4 is 63.7 Å². The van der Waals surface area contributed by atoms with Crippen molar-refractivity contribution in [1.82, 2.24) is 35.7 Å². The summed E-state index contributed by atoms with van der Waals surface area (Å²) in [5.41, 5.74) is 2.91. The van der Waals surface area contributed by atoms with Crippen LogP contribution in [-0.2, 0) is 79.3 Å². The van der Waals surface area contributed by atoms with Crippen LogP contribution in [-0.4, -0.2) is 105 Å². The van der Waals surface area contributed by atoms with Gasteiger partial charge in [0.25, 0.3) is 17.4 Å². The van der Waals surface area contributed by atoms with Gasteiger partial charge in [-0.1, -0.05) is 43.7 Å². The van der Waals surface area contributed by atoms with Gasteiger partial charge in [-0.05, 0) is 80.2 Å². The number of pyridine rings is 2. The SMILES string of the molecule is CC[C@@]1(O)C(=O)CCc2c1cc1n(c2=O)Cc2c-1nc1cc(F)c(C)c3c1c2[C@@H](NC(=O)COCNC(=O)CCC(=O)[C@H](Cc1ccccc1)NC(=O)CCC(=O)CNC(=O)CCCCCN1C(=O)C=CC1=O)CC3.